The number of methoxy groups -OCH3 is 1. The molecule has 1 aliphatic carbocycles. The molecule has 0 spiro atoms. The Balaban J connectivity index is 1.89. The summed E-state index contributed by atoms with van der Waals surface area (Å²) < 4.78 is 5.23. The number of rotatable bonds is 5. The maximum atomic E-state index is 6.25. The maximum absolute atomic E-state index is 6.25. The van der Waals surface area contributed by atoms with Crippen molar-refractivity contribution < 1.29 is 4.74 Å². The zero-order chi connectivity index (χ0) is 12.8. The smallest absolute Gasteiger partial charge is 0.119 e. The van der Waals surface area contributed by atoms with Crippen LogP contribution in [0.15, 0.2) is 35.9 Å². The van der Waals surface area contributed by atoms with Gasteiger partial charge >= 0.3 is 0 Å². The van der Waals surface area contributed by atoms with Crippen LogP contribution in [0.2, 0.25) is 0 Å². The highest BCUT2D eigenvalue weighted by Gasteiger charge is 2.10. The van der Waals surface area contributed by atoms with Crippen molar-refractivity contribution in [2.75, 3.05) is 7.11 Å². The Bertz CT molecular complexity index is 411. The van der Waals surface area contributed by atoms with Crippen molar-refractivity contribution in [3.8, 4) is 5.75 Å². The molecule has 2 rings (SSSR count). The number of hydrogen-bond donors (Lipinski definition) is 1. The minimum Gasteiger partial charge on any atom is -0.497 e. The Labute approximate surface area is 110 Å². The molecule has 1 aliphatic rings. The third kappa shape index (κ3) is 3.88. The topological polar surface area (TPSA) is 35.2 Å². The third-order valence-electron chi connectivity index (χ3n) is 3.54. The summed E-state index contributed by atoms with van der Waals surface area (Å²) in [5, 5.41) is 0. The van der Waals surface area contributed by atoms with E-state index in [-0.39, 0.29) is 6.04 Å². The molecule has 0 aliphatic heterocycles. The van der Waals surface area contributed by atoms with Crippen LogP contribution in [0, 0.1) is 0 Å². The van der Waals surface area contributed by atoms with Gasteiger partial charge < -0.3 is 10.5 Å². The van der Waals surface area contributed by atoms with Crippen LogP contribution in [0.4, 0.5) is 0 Å². The van der Waals surface area contributed by atoms with Gasteiger partial charge in [0.2, 0.25) is 0 Å². The van der Waals surface area contributed by atoms with E-state index in [2.05, 4.69) is 18.2 Å². The number of benzene rings is 1. The summed E-state index contributed by atoms with van der Waals surface area (Å²) in [5.41, 5.74) is 9.06. The molecule has 1 unspecified atom stereocenters. The second-order valence-corrected chi connectivity index (χ2v) is 5.13. The average Bonchev–Trinajstić information content (AvgIpc) is 2.40. The second kappa shape index (κ2) is 6.60. The molecule has 1 atom stereocenters. The van der Waals surface area contributed by atoms with E-state index in [9.17, 15) is 0 Å². The second-order valence-electron chi connectivity index (χ2n) is 5.13. The van der Waals surface area contributed by atoms with Gasteiger partial charge in [0.25, 0.3) is 0 Å². The molecule has 1 aromatic rings. The quantitative estimate of drug-likeness (QED) is 0.806. The van der Waals surface area contributed by atoms with Crippen LogP contribution in [-0.4, -0.2) is 13.2 Å². The molecule has 18 heavy (non-hydrogen) atoms. The fraction of sp³-hybridized carbons (Fsp3) is 0.500. The van der Waals surface area contributed by atoms with Crippen LogP contribution >= 0.6 is 0 Å². The lowest BCUT2D eigenvalue weighted by Gasteiger charge is -2.17. The van der Waals surface area contributed by atoms with Gasteiger partial charge in [-0.2, -0.15) is 0 Å². The number of nitrogens with two attached hydrogens (primary N) is 1. The molecule has 0 saturated carbocycles. The predicted octanol–water partition coefficient (Wildman–Crippen LogP) is 3.46. The SMILES string of the molecule is COc1cccc(CC(N)CC2=CCCCC2)c1. The normalized spacial score (nSPS) is 17.1. The molecule has 1 aromatic carbocycles. The van der Waals surface area contributed by atoms with E-state index in [1.165, 1.54) is 31.2 Å². The molecule has 0 amide bonds. The lowest BCUT2D eigenvalue weighted by molar-refractivity contribution is 0.414. The molecule has 0 saturated heterocycles. The minimum absolute atomic E-state index is 0.224. The van der Waals surface area contributed by atoms with Crippen molar-refractivity contribution in [3.05, 3.63) is 41.5 Å². The number of allylic oxidation sites excluding steroid dienone is 1. The fourth-order valence-electron chi connectivity index (χ4n) is 2.60. The molecule has 98 valence electrons. The van der Waals surface area contributed by atoms with Gasteiger partial charge in [-0.1, -0.05) is 23.8 Å². The van der Waals surface area contributed by atoms with E-state index in [1.807, 2.05) is 12.1 Å². The number of ether oxygens (including phenoxy) is 1. The fourth-order valence-corrected chi connectivity index (χ4v) is 2.60. The van der Waals surface area contributed by atoms with E-state index < -0.39 is 0 Å². The van der Waals surface area contributed by atoms with Crippen LogP contribution < -0.4 is 10.5 Å². The molecule has 0 fully saturated rings. The summed E-state index contributed by atoms with van der Waals surface area (Å²) >= 11 is 0. The minimum atomic E-state index is 0.224. The highest BCUT2D eigenvalue weighted by Crippen LogP contribution is 2.22. The maximum Gasteiger partial charge on any atom is 0.119 e. The van der Waals surface area contributed by atoms with Crippen LogP contribution in [0.25, 0.3) is 0 Å². The third-order valence-corrected chi connectivity index (χ3v) is 3.54. The first-order valence-corrected chi connectivity index (χ1v) is 6.84. The Hall–Kier alpha value is -1.28. The van der Waals surface area contributed by atoms with Gasteiger partial charge in [0.05, 0.1) is 7.11 Å². The summed E-state index contributed by atoms with van der Waals surface area (Å²) in [7, 11) is 1.70. The molecule has 2 nitrogen and oxygen atoms in total. The largest absolute Gasteiger partial charge is 0.497 e. The van der Waals surface area contributed by atoms with Gasteiger partial charge in [0, 0.05) is 6.04 Å². The molecule has 0 heterocycles. The van der Waals surface area contributed by atoms with Crippen molar-refractivity contribution in [2.45, 2.75) is 44.6 Å². The molecule has 0 aromatic heterocycles. The van der Waals surface area contributed by atoms with E-state index in [0.717, 1.165) is 18.6 Å². The highest BCUT2D eigenvalue weighted by atomic mass is 16.5. The van der Waals surface area contributed by atoms with Gasteiger partial charge in [-0.25, -0.2) is 0 Å². The molecule has 2 heteroatoms. The first-order chi connectivity index (χ1) is 8.78. The summed E-state index contributed by atoms with van der Waals surface area (Å²) in [5.74, 6) is 0.914. The zero-order valence-corrected chi connectivity index (χ0v) is 11.2. The Morgan fingerprint density at radius 1 is 1.28 bits per heavy atom. The highest BCUT2D eigenvalue weighted by molar-refractivity contribution is 5.29. The van der Waals surface area contributed by atoms with Gasteiger partial charge in [0.1, 0.15) is 5.75 Å². The van der Waals surface area contributed by atoms with Crippen LogP contribution in [0.5, 0.6) is 5.75 Å². The van der Waals surface area contributed by atoms with Gasteiger partial charge in [0.15, 0.2) is 0 Å². The van der Waals surface area contributed by atoms with Gasteiger partial charge in [-0.05, 0) is 56.2 Å². The monoisotopic (exact) mass is 245 g/mol. The molecule has 0 bridgehead atoms. The lowest BCUT2D eigenvalue weighted by Crippen LogP contribution is -2.23. The summed E-state index contributed by atoms with van der Waals surface area (Å²) in [6.07, 6.45) is 9.50. The van der Waals surface area contributed by atoms with E-state index in [1.54, 1.807) is 12.7 Å². The van der Waals surface area contributed by atoms with Crippen LogP contribution in [-0.2, 0) is 6.42 Å². The first-order valence-electron chi connectivity index (χ1n) is 6.84. The lowest BCUT2D eigenvalue weighted by atomic mass is 9.92. The summed E-state index contributed by atoms with van der Waals surface area (Å²) in [6.45, 7) is 0. The zero-order valence-electron chi connectivity index (χ0n) is 11.2. The first kappa shape index (κ1) is 13.2. The van der Waals surface area contributed by atoms with Crippen molar-refractivity contribution in [1.29, 1.82) is 0 Å². The Morgan fingerprint density at radius 3 is 2.89 bits per heavy atom. The van der Waals surface area contributed by atoms with Crippen molar-refractivity contribution in [2.24, 2.45) is 5.73 Å². The Morgan fingerprint density at radius 2 is 2.17 bits per heavy atom. The summed E-state index contributed by atoms with van der Waals surface area (Å²) in [4.78, 5) is 0. The van der Waals surface area contributed by atoms with Gasteiger partial charge in [-0.3, -0.25) is 0 Å². The molecular formula is C16H23NO. The Kier molecular flexibility index (Phi) is 4.82. The van der Waals surface area contributed by atoms with E-state index >= 15 is 0 Å². The number of hydrogen-bond acceptors (Lipinski definition) is 2. The predicted molar refractivity (Wildman–Crippen MR) is 75.8 cm³/mol. The van der Waals surface area contributed by atoms with Crippen LogP contribution in [0.3, 0.4) is 0 Å². The average molecular weight is 245 g/mol. The molecular weight excluding hydrogens is 222 g/mol. The van der Waals surface area contributed by atoms with Crippen LogP contribution in [0.1, 0.15) is 37.7 Å². The van der Waals surface area contributed by atoms with E-state index in [0.29, 0.717) is 0 Å². The van der Waals surface area contributed by atoms with Crippen molar-refractivity contribution in [1.82, 2.24) is 0 Å². The van der Waals surface area contributed by atoms with Gasteiger partial charge in [-0.15, -0.1) is 0 Å². The van der Waals surface area contributed by atoms with E-state index in [4.69, 9.17) is 10.5 Å². The van der Waals surface area contributed by atoms with Crippen molar-refractivity contribution in [3.63, 3.8) is 0 Å². The standard InChI is InChI=1S/C16H23NO/c1-18-16-9-5-8-14(12-16)11-15(17)10-13-6-3-2-4-7-13/h5-6,8-9,12,15H,2-4,7,10-11,17H2,1H3. The van der Waals surface area contributed by atoms with Crippen molar-refractivity contribution >= 4 is 0 Å². The summed E-state index contributed by atoms with van der Waals surface area (Å²) in [6, 6.07) is 8.42. The molecule has 0 radical (unpaired) electrons. The molecule has 2 N–H and O–H groups in total.